The van der Waals surface area contributed by atoms with Crippen molar-refractivity contribution in [1.29, 1.82) is 0 Å². The second-order valence-corrected chi connectivity index (χ2v) is 13.3. The molecule has 5 nitrogen and oxygen atoms in total. The lowest BCUT2D eigenvalue weighted by molar-refractivity contribution is 0.268. The molecule has 1 aliphatic rings. The molecule has 0 radical (unpaired) electrons. The highest BCUT2D eigenvalue weighted by Gasteiger charge is 2.38. The average Bonchev–Trinajstić information content (AvgIpc) is 2.00. The largest absolute Gasteiger partial charge is 0.420 e. The van der Waals surface area contributed by atoms with E-state index in [0.717, 1.165) is 0 Å². The Kier molecular flexibility index (Phi) is 4.67. The number of hydrogen-bond donors (Lipinski definition) is 1. The molecule has 0 spiro atoms. The van der Waals surface area contributed by atoms with Crippen molar-refractivity contribution in [1.82, 2.24) is 4.98 Å². The Morgan fingerprint density at radius 3 is 1.71 bits per heavy atom. The van der Waals surface area contributed by atoms with Gasteiger partial charge in [-0.05, 0) is 33.2 Å². The maximum Gasteiger partial charge on any atom is 0.403 e. The first-order valence-corrected chi connectivity index (χ1v) is 13.4. The van der Waals surface area contributed by atoms with E-state index in [2.05, 4.69) is 4.98 Å². The van der Waals surface area contributed by atoms with Crippen molar-refractivity contribution in [3.63, 3.8) is 0 Å². The van der Waals surface area contributed by atoms with Gasteiger partial charge in [0.05, 0.1) is 0 Å². The van der Waals surface area contributed by atoms with E-state index in [4.69, 9.17) is 16.5 Å². The lowest BCUT2D eigenvalue weighted by Gasteiger charge is -2.36. The fraction of sp³-hybridized carbons (Fsp3) is 1.00. The topological polar surface area (TPSA) is 49.0 Å². The van der Waals surface area contributed by atoms with Crippen molar-refractivity contribution < 1.29 is 16.5 Å². The summed E-state index contributed by atoms with van der Waals surface area (Å²) in [4.78, 5) is 3.14. The normalized spacial score (nSPS) is 45.6. The summed E-state index contributed by atoms with van der Waals surface area (Å²) in [6.45, 7) is 8.08. The van der Waals surface area contributed by atoms with E-state index in [1.54, 1.807) is 0 Å². The minimum atomic E-state index is -2.20. The molecular weight excluding hydrogens is 250 g/mol. The molecule has 0 aromatic carbocycles. The molecule has 1 aliphatic heterocycles. The van der Waals surface area contributed by atoms with Gasteiger partial charge in [-0.3, -0.25) is 4.98 Å². The van der Waals surface area contributed by atoms with Crippen molar-refractivity contribution in [2.24, 2.45) is 0 Å². The van der Waals surface area contributed by atoms with Gasteiger partial charge in [-0.2, -0.15) is 0 Å². The zero-order valence-corrected chi connectivity index (χ0v) is 13.8. The summed E-state index contributed by atoms with van der Waals surface area (Å²) in [6.07, 6.45) is 0. The summed E-state index contributed by atoms with van der Waals surface area (Å²) >= 11 is 0. The van der Waals surface area contributed by atoms with Gasteiger partial charge in [-0.1, -0.05) is 0 Å². The Morgan fingerprint density at radius 2 is 1.36 bits per heavy atom. The molecule has 9 heteroatoms. The van der Waals surface area contributed by atoms with Gasteiger partial charge in [0.25, 0.3) is 9.28 Å². The van der Waals surface area contributed by atoms with Crippen molar-refractivity contribution in [2.75, 3.05) is 7.05 Å². The SMILES string of the molecule is CN[Si]1(C)O[SiH](C)O[SiH](C)O[SiH](C)O1. The van der Waals surface area contributed by atoms with Crippen LogP contribution >= 0.6 is 0 Å². The molecule has 14 heavy (non-hydrogen) atoms. The van der Waals surface area contributed by atoms with Crippen molar-refractivity contribution in [2.45, 2.75) is 26.2 Å². The molecule has 2 atom stereocenters. The minimum Gasteiger partial charge on any atom is -0.420 e. The Labute approximate surface area is 91.6 Å². The standard InChI is InChI=1S/C5H19NO4Si4/c1-6-14(5)9-12(3)7-11(2)8-13(4)10-14/h6,11-13H,1-5H3. The highest BCUT2D eigenvalue weighted by atomic mass is 28.5. The average molecular weight is 270 g/mol. The zero-order valence-electron chi connectivity index (χ0n) is 9.37. The van der Waals surface area contributed by atoms with E-state index in [1.807, 2.05) is 33.2 Å². The first-order valence-electron chi connectivity index (χ1n) is 4.80. The van der Waals surface area contributed by atoms with Crippen LogP contribution in [0.2, 0.25) is 26.2 Å². The summed E-state index contributed by atoms with van der Waals surface area (Å²) in [5.74, 6) is 0. The number of hydrogen-bond acceptors (Lipinski definition) is 5. The summed E-state index contributed by atoms with van der Waals surface area (Å²) in [5, 5.41) is 0. The van der Waals surface area contributed by atoms with Gasteiger partial charge in [0.2, 0.25) is 0 Å². The highest BCUT2D eigenvalue weighted by molar-refractivity contribution is 6.79. The molecule has 1 rings (SSSR count). The van der Waals surface area contributed by atoms with E-state index in [-0.39, 0.29) is 0 Å². The highest BCUT2D eigenvalue weighted by Crippen LogP contribution is 2.12. The molecule has 1 saturated heterocycles. The third kappa shape index (κ3) is 3.67. The van der Waals surface area contributed by atoms with E-state index in [9.17, 15) is 0 Å². The molecule has 1 heterocycles. The second-order valence-electron chi connectivity index (χ2n) is 3.41. The van der Waals surface area contributed by atoms with Gasteiger partial charge >= 0.3 is 27.3 Å². The number of nitrogens with one attached hydrogen (secondary N) is 1. The van der Waals surface area contributed by atoms with Crippen LogP contribution in [-0.2, 0) is 16.5 Å². The molecule has 0 aromatic heterocycles. The fourth-order valence-corrected chi connectivity index (χ4v) is 14.7. The van der Waals surface area contributed by atoms with Gasteiger partial charge in [-0.15, -0.1) is 0 Å². The lowest BCUT2D eigenvalue weighted by Crippen LogP contribution is -2.60. The quantitative estimate of drug-likeness (QED) is 0.645. The maximum absolute atomic E-state index is 5.88. The van der Waals surface area contributed by atoms with Crippen LogP contribution in [0, 0.1) is 0 Å². The van der Waals surface area contributed by atoms with Crippen molar-refractivity contribution in [3.8, 4) is 0 Å². The molecule has 1 fully saturated rings. The van der Waals surface area contributed by atoms with Crippen LogP contribution in [0.25, 0.3) is 0 Å². The van der Waals surface area contributed by atoms with Crippen LogP contribution in [0.15, 0.2) is 0 Å². The van der Waals surface area contributed by atoms with E-state index in [1.165, 1.54) is 0 Å². The zero-order chi connectivity index (χ0) is 10.8. The predicted molar refractivity (Wildman–Crippen MR) is 64.1 cm³/mol. The Hall–Kier alpha value is 0.668. The molecule has 0 aromatic rings. The van der Waals surface area contributed by atoms with Crippen LogP contribution in [0.4, 0.5) is 0 Å². The predicted octanol–water partition coefficient (Wildman–Crippen LogP) is -0.595. The maximum atomic E-state index is 5.88. The number of rotatable bonds is 1. The molecule has 0 bridgehead atoms. The third-order valence-electron chi connectivity index (χ3n) is 2.00. The fourth-order valence-electron chi connectivity index (χ4n) is 1.41. The Balaban J connectivity index is 2.65. The second kappa shape index (κ2) is 5.13. The van der Waals surface area contributed by atoms with Crippen LogP contribution in [0.1, 0.15) is 0 Å². The Morgan fingerprint density at radius 1 is 0.929 bits per heavy atom. The molecular formula is C5H19NO4Si4. The summed E-state index contributed by atoms with van der Waals surface area (Å²) in [7, 11) is -4.94. The van der Waals surface area contributed by atoms with E-state index < -0.39 is 36.6 Å². The van der Waals surface area contributed by atoms with Crippen molar-refractivity contribution >= 4 is 36.6 Å². The van der Waals surface area contributed by atoms with Gasteiger partial charge in [-0.25, -0.2) is 0 Å². The molecule has 2 unspecified atom stereocenters. The monoisotopic (exact) mass is 269 g/mol. The molecule has 0 amide bonds. The molecule has 84 valence electrons. The van der Waals surface area contributed by atoms with Crippen LogP contribution in [-0.4, -0.2) is 43.6 Å². The first-order chi connectivity index (χ1) is 6.45. The third-order valence-corrected chi connectivity index (χ3v) is 15.3. The minimum absolute atomic E-state index is 1.49. The summed E-state index contributed by atoms with van der Waals surface area (Å²) in [5.41, 5.74) is 0. The van der Waals surface area contributed by atoms with Gasteiger partial charge in [0, 0.05) is 0 Å². The van der Waals surface area contributed by atoms with E-state index in [0.29, 0.717) is 0 Å². The summed E-state index contributed by atoms with van der Waals surface area (Å²) < 4.78 is 23.2. The van der Waals surface area contributed by atoms with Crippen LogP contribution in [0.5, 0.6) is 0 Å². The van der Waals surface area contributed by atoms with Crippen LogP contribution < -0.4 is 4.98 Å². The lowest BCUT2D eigenvalue weighted by atomic mass is 11.6. The van der Waals surface area contributed by atoms with Gasteiger partial charge in [0.1, 0.15) is 0 Å². The van der Waals surface area contributed by atoms with Crippen LogP contribution in [0.3, 0.4) is 0 Å². The smallest absolute Gasteiger partial charge is 0.403 e. The molecule has 1 N–H and O–H groups in total. The molecule has 0 aliphatic carbocycles. The first kappa shape index (κ1) is 12.7. The van der Waals surface area contributed by atoms with Crippen molar-refractivity contribution in [3.05, 3.63) is 0 Å². The Bertz CT molecular complexity index is 183. The van der Waals surface area contributed by atoms with Gasteiger partial charge < -0.3 is 16.5 Å². The van der Waals surface area contributed by atoms with E-state index >= 15 is 0 Å². The summed E-state index contributed by atoms with van der Waals surface area (Å²) in [6, 6.07) is 0. The van der Waals surface area contributed by atoms with Gasteiger partial charge in [0.15, 0.2) is 0 Å². The molecule has 0 saturated carbocycles.